The molecule has 0 radical (unpaired) electrons. The van der Waals surface area contributed by atoms with E-state index in [1.165, 1.54) is 0 Å². The third kappa shape index (κ3) is 2.66. The smallest absolute Gasteiger partial charge is 0.159 e. The van der Waals surface area contributed by atoms with E-state index in [2.05, 4.69) is 27.0 Å². The summed E-state index contributed by atoms with van der Waals surface area (Å²) in [6.45, 7) is 1.20. The van der Waals surface area contributed by atoms with E-state index >= 15 is 0 Å². The topological polar surface area (TPSA) is 49.2 Å². The van der Waals surface area contributed by atoms with Crippen molar-refractivity contribution in [1.82, 2.24) is 9.97 Å². The molecule has 1 aliphatic rings. The van der Waals surface area contributed by atoms with Gasteiger partial charge in [-0.05, 0) is 31.0 Å². The first kappa shape index (κ1) is 14.2. The van der Waals surface area contributed by atoms with Crippen molar-refractivity contribution in [3.8, 4) is 11.4 Å². The maximum atomic E-state index is 9.54. The number of nitrogens with zero attached hydrogens (tertiary/aromatic N) is 3. The number of fused-ring (bicyclic) bond motifs is 1. The monoisotopic (exact) mass is 305 g/mol. The highest BCUT2D eigenvalue weighted by Crippen LogP contribution is 2.28. The van der Waals surface area contributed by atoms with E-state index in [9.17, 15) is 5.11 Å². The van der Waals surface area contributed by atoms with Crippen LogP contribution in [0.25, 0.3) is 22.3 Å². The molecule has 2 heterocycles. The number of anilines is 1. The fourth-order valence-electron chi connectivity index (χ4n) is 3.30. The van der Waals surface area contributed by atoms with Gasteiger partial charge in [0.15, 0.2) is 5.82 Å². The zero-order valence-electron chi connectivity index (χ0n) is 12.9. The van der Waals surface area contributed by atoms with Crippen LogP contribution in [0.15, 0.2) is 54.7 Å². The van der Waals surface area contributed by atoms with Crippen molar-refractivity contribution in [1.29, 1.82) is 0 Å². The van der Waals surface area contributed by atoms with Crippen molar-refractivity contribution in [3.05, 3.63) is 54.7 Å². The normalized spacial score (nSPS) is 17.8. The molecule has 0 spiro atoms. The van der Waals surface area contributed by atoms with E-state index in [1.54, 1.807) is 0 Å². The maximum Gasteiger partial charge on any atom is 0.159 e. The van der Waals surface area contributed by atoms with Gasteiger partial charge in [-0.1, -0.05) is 30.3 Å². The number of para-hydroxylation sites is 1. The average molecular weight is 305 g/mol. The molecule has 23 heavy (non-hydrogen) atoms. The van der Waals surface area contributed by atoms with Crippen molar-refractivity contribution < 1.29 is 5.11 Å². The molecule has 1 atom stereocenters. The molecular weight excluding hydrogens is 286 g/mol. The minimum atomic E-state index is 0.205. The molecule has 1 saturated heterocycles. The lowest BCUT2D eigenvalue weighted by atomic mass is 10.1. The van der Waals surface area contributed by atoms with Gasteiger partial charge in [0, 0.05) is 29.4 Å². The van der Waals surface area contributed by atoms with E-state index in [-0.39, 0.29) is 12.6 Å². The third-order valence-electron chi connectivity index (χ3n) is 4.51. The summed E-state index contributed by atoms with van der Waals surface area (Å²) in [6.07, 6.45) is 4.05. The van der Waals surface area contributed by atoms with Crippen molar-refractivity contribution in [3.63, 3.8) is 0 Å². The molecule has 0 bridgehead atoms. The molecule has 1 fully saturated rings. The predicted octanol–water partition coefficient (Wildman–Crippen LogP) is 3.26. The molecule has 116 valence electrons. The second-order valence-corrected chi connectivity index (χ2v) is 5.97. The summed E-state index contributed by atoms with van der Waals surface area (Å²) >= 11 is 0. The SMILES string of the molecule is OCC1CCCN1c1cccc(-c2ncc3ccccc3n2)c1. The molecule has 1 unspecified atom stereocenters. The first-order chi connectivity index (χ1) is 11.3. The highest BCUT2D eigenvalue weighted by atomic mass is 16.3. The van der Waals surface area contributed by atoms with Gasteiger partial charge in [0.25, 0.3) is 0 Å². The number of hydrogen-bond donors (Lipinski definition) is 1. The van der Waals surface area contributed by atoms with Gasteiger partial charge in [-0.2, -0.15) is 0 Å². The van der Waals surface area contributed by atoms with E-state index < -0.39 is 0 Å². The van der Waals surface area contributed by atoms with Crippen LogP contribution in [-0.4, -0.2) is 34.3 Å². The summed E-state index contributed by atoms with van der Waals surface area (Å²) in [4.78, 5) is 11.5. The fraction of sp³-hybridized carbons (Fsp3) is 0.263. The van der Waals surface area contributed by atoms with Gasteiger partial charge in [0.2, 0.25) is 0 Å². The molecular formula is C19H19N3O. The van der Waals surface area contributed by atoms with E-state index in [4.69, 9.17) is 0 Å². The number of aromatic nitrogens is 2. The molecule has 4 rings (SSSR count). The van der Waals surface area contributed by atoms with Crippen LogP contribution in [0.2, 0.25) is 0 Å². The lowest BCUT2D eigenvalue weighted by molar-refractivity contribution is 0.266. The predicted molar refractivity (Wildman–Crippen MR) is 92.4 cm³/mol. The highest BCUT2D eigenvalue weighted by molar-refractivity contribution is 5.79. The fourth-order valence-corrected chi connectivity index (χ4v) is 3.30. The van der Waals surface area contributed by atoms with Crippen LogP contribution in [0.4, 0.5) is 5.69 Å². The summed E-state index contributed by atoms with van der Waals surface area (Å²) < 4.78 is 0. The average Bonchev–Trinajstić information content (AvgIpc) is 3.10. The first-order valence-corrected chi connectivity index (χ1v) is 8.05. The number of hydrogen-bond acceptors (Lipinski definition) is 4. The van der Waals surface area contributed by atoms with Crippen LogP contribution < -0.4 is 4.90 Å². The molecule has 4 heteroatoms. The van der Waals surface area contributed by atoms with Crippen molar-refractivity contribution >= 4 is 16.6 Å². The van der Waals surface area contributed by atoms with Crippen LogP contribution in [-0.2, 0) is 0 Å². The van der Waals surface area contributed by atoms with Crippen molar-refractivity contribution in [2.24, 2.45) is 0 Å². The number of aliphatic hydroxyl groups excluding tert-OH is 1. The zero-order chi connectivity index (χ0) is 15.6. The maximum absolute atomic E-state index is 9.54. The van der Waals surface area contributed by atoms with Crippen LogP contribution in [0.1, 0.15) is 12.8 Å². The molecule has 2 aromatic carbocycles. The second kappa shape index (κ2) is 5.97. The zero-order valence-corrected chi connectivity index (χ0v) is 12.9. The van der Waals surface area contributed by atoms with Crippen LogP contribution in [0.5, 0.6) is 0 Å². The molecule has 1 aliphatic heterocycles. The molecule has 3 aromatic rings. The Balaban J connectivity index is 1.72. The van der Waals surface area contributed by atoms with Gasteiger partial charge in [0.1, 0.15) is 0 Å². The van der Waals surface area contributed by atoms with Crippen molar-refractivity contribution in [2.75, 3.05) is 18.1 Å². The van der Waals surface area contributed by atoms with E-state index in [1.807, 2.05) is 42.6 Å². The Kier molecular flexibility index (Phi) is 3.67. The van der Waals surface area contributed by atoms with Crippen LogP contribution in [0, 0.1) is 0 Å². The molecule has 0 saturated carbocycles. The van der Waals surface area contributed by atoms with Gasteiger partial charge in [-0.25, -0.2) is 9.97 Å². The highest BCUT2D eigenvalue weighted by Gasteiger charge is 2.24. The Bertz CT molecular complexity index is 833. The Morgan fingerprint density at radius 3 is 2.96 bits per heavy atom. The Morgan fingerprint density at radius 1 is 1.13 bits per heavy atom. The van der Waals surface area contributed by atoms with Crippen molar-refractivity contribution in [2.45, 2.75) is 18.9 Å². The first-order valence-electron chi connectivity index (χ1n) is 8.05. The number of rotatable bonds is 3. The summed E-state index contributed by atoms with van der Waals surface area (Å²) in [5.74, 6) is 0.741. The van der Waals surface area contributed by atoms with Gasteiger partial charge < -0.3 is 10.0 Å². The summed E-state index contributed by atoms with van der Waals surface area (Å²) in [5, 5.41) is 10.6. The lowest BCUT2D eigenvalue weighted by Crippen LogP contribution is -2.31. The standard InChI is InChI=1S/C19H19N3O/c23-13-17-8-4-10-22(17)16-7-3-6-14(11-16)19-20-12-15-5-1-2-9-18(15)21-19/h1-3,5-7,9,11-12,17,23H,4,8,10,13H2. The molecule has 1 N–H and O–H groups in total. The van der Waals surface area contributed by atoms with E-state index in [0.717, 1.165) is 47.4 Å². The Hall–Kier alpha value is -2.46. The minimum Gasteiger partial charge on any atom is -0.394 e. The molecule has 0 aliphatic carbocycles. The number of benzene rings is 2. The van der Waals surface area contributed by atoms with Crippen LogP contribution in [0.3, 0.4) is 0 Å². The van der Waals surface area contributed by atoms with E-state index in [0.29, 0.717) is 0 Å². The summed E-state index contributed by atoms with van der Waals surface area (Å²) in [7, 11) is 0. The lowest BCUT2D eigenvalue weighted by Gasteiger charge is -2.25. The molecule has 1 aromatic heterocycles. The Morgan fingerprint density at radius 2 is 2.04 bits per heavy atom. The Labute approximate surface area is 135 Å². The quantitative estimate of drug-likeness (QED) is 0.807. The van der Waals surface area contributed by atoms with Crippen LogP contribution >= 0.6 is 0 Å². The van der Waals surface area contributed by atoms with Gasteiger partial charge in [0.05, 0.1) is 18.2 Å². The van der Waals surface area contributed by atoms with Gasteiger partial charge in [-0.3, -0.25) is 0 Å². The largest absolute Gasteiger partial charge is 0.394 e. The minimum absolute atomic E-state index is 0.205. The third-order valence-corrected chi connectivity index (χ3v) is 4.51. The van der Waals surface area contributed by atoms with Gasteiger partial charge >= 0.3 is 0 Å². The number of aliphatic hydroxyl groups is 1. The summed E-state index contributed by atoms with van der Waals surface area (Å²) in [5.41, 5.74) is 3.10. The van der Waals surface area contributed by atoms with Gasteiger partial charge in [-0.15, -0.1) is 0 Å². The molecule has 4 nitrogen and oxygen atoms in total. The summed E-state index contributed by atoms with van der Waals surface area (Å²) in [6, 6.07) is 16.5. The molecule has 0 amide bonds. The second-order valence-electron chi connectivity index (χ2n) is 5.97.